The Morgan fingerprint density at radius 3 is 2.79 bits per heavy atom. The van der Waals surface area contributed by atoms with Gasteiger partial charge in [0.05, 0.1) is 6.54 Å². The standard InChI is InChI=1S/C19H19FN2O2/c1-12-4-2-3-5-14(12)16-10-18(23)24-19-15(16)6-7-17(21-19)22-9-8-13(20)11-22/h2-7,10,13,18,23H,8-9,11H2,1H3. The van der Waals surface area contributed by atoms with Crippen LogP contribution in [-0.2, 0) is 0 Å². The maximum atomic E-state index is 13.4. The average Bonchev–Trinajstić information content (AvgIpc) is 3.00. The van der Waals surface area contributed by atoms with Gasteiger partial charge in [0.2, 0.25) is 12.2 Å². The third-order valence-corrected chi connectivity index (χ3v) is 4.57. The lowest BCUT2D eigenvalue weighted by Crippen LogP contribution is -2.23. The van der Waals surface area contributed by atoms with Crippen LogP contribution in [0.4, 0.5) is 10.2 Å². The third kappa shape index (κ3) is 2.65. The number of rotatable bonds is 2. The summed E-state index contributed by atoms with van der Waals surface area (Å²) in [6.07, 6.45) is 0.370. The second-order valence-corrected chi connectivity index (χ2v) is 6.26. The lowest BCUT2D eigenvalue weighted by molar-refractivity contribution is 0.0189. The van der Waals surface area contributed by atoms with E-state index in [1.807, 2.05) is 48.2 Å². The summed E-state index contributed by atoms with van der Waals surface area (Å²) in [7, 11) is 0. The van der Waals surface area contributed by atoms with Gasteiger partial charge in [-0.15, -0.1) is 0 Å². The van der Waals surface area contributed by atoms with Gasteiger partial charge in [0, 0.05) is 12.1 Å². The first-order valence-corrected chi connectivity index (χ1v) is 8.15. The number of aliphatic hydroxyl groups excluding tert-OH is 1. The number of anilines is 1. The number of nitrogens with zero attached hydrogens (tertiary/aromatic N) is 2. The summed E-state index contributed by atoms with van der Waals surface area (Å²) < 4.78 is 18.9. The molecule has 1 fully saturated rings. The Balaban J connectivity index is 1.75. The van der Waals surface area contributed by atoms with Gasteiger partial charge in [0.25, 0.3) is 0 Å². The van der Waals surface area contributed by atoms with Crippen LogP contribution in [0.3, 0.4) is 0 Å². The van der Waals surface area contributed by atoms with Crippen LogP contribution in [0.15, 0.2) is 42.5 Å². The molecule has 124 valence electrons. The van der Waals surface area contributed by atoms with E-state index in [1.54, 1.807) is 6.08 Å². The van der Waals surface area contributed by atoms with Gasteiger partial charge < -0.3 is 14.7 Å². The molecule has 24 heavy (non-hydrogen) atoms. The quantitative estimate of drug-likeness (QED) is 0.921. The number of benzene rings is 1. The van der Waals surface area contributed by atoms with Gasteiger partial charge in [-0.2, -0.15) is 4.98 Å². The zero-order valence-electron chi connectivity index (χ0n) is 13.4. The Morgan fingerprint density at radius 2 is 2.04 bits per heavy atom. The van der Waals surface area contributed by atoms with E-state index in [9.17, 15) is 9.50 Å². The molecule has 3 heterocycles. The number of fused-ring (bicyclic) bond motifs is 1. The number of alkyl halides is 1. The molecule has 2 aromatic rings. The van der Waals surface area contributed by atoms with Gasteiger partial charge in [-0.25, -0.2) is 4.39 Å². The van der Waals surface area contributed by atoms with Crippen molar-refractivity contribution in [2.45, 2.75) is 25.8 Å². The Bertz CT molecular complexity index is 806. The largest absolute Gasteiger partial charge is 0.444 e. The normalized spacial score (nSPS) is 22.8. The highest BCUT2D eigenvalue weighted by Crippen LogP contribution is 2.37. The fourth-order valence-electron chi connectivity index (χ4n) is 3.32. The van der Waals surface area contributed by atoms with E-state index < -0.39 is 12.5 Å². The summed E-state index contributed by atoms with van der Waals surface area (Å²) in [6.45, 7) is 3.04. The SMILES string of the molecule is Cc1ccccc1C1=CC(O)Oc2nc(N3CCC(F)C3)ccc21. The van der Waals surface area contributed by atoms with Crippen molar-refractivity contribution in [1.82, 2.24) is 4.98 Å². The van der Waals surface area contributed by atoms with E-state index in [4.69, 9.17) is 4.74 Å². The number of aryl methyl sites for hydroxylation is 1. The van der Waals surface area contributed by atoms with Gasteiger partial charge in [-0.1, -0.05) is 24.3 Å². The Labute approximate surface area is 140 Å². The average molecular weight is 326 g/mol. The number of halogens is 1. The monoisotopic (exact) mass is 326 g/mol. The van der Waals surface area contributed by atoms with Crippen molar-refractivity contribution in [2.24, 2.45) is 0 Å². The summed E-state index contributed by atoms with van der Waals surface area (Å²) >= 11 is 0. The summed E-state index contributed by atoms with van der Waals surface area (Å²) in [6, 6.07) is 11.8. The molecule has 4 rings (SSSR count). The van der Waals surface area contributed by atoms with Crippen LogP contribution in [0.1, 0.15) is 23.1 Å². The Morgan fingerprint density at radius 1 is 1.21 bits per heavy atom. The van der Waals surface area contributed by atoms with Crippen LogP contribution in [0.2, 0.25) is 0 Å². The molecule has 2 aliphatic heterocycles. The van der Waals surface area contributed by atoms with E-state index >= 15 is 0 Å². The van der Waals surface area contributed by atoms with Crippen LogP contribution in [0.5, 0.6) is 5.88 Å². The Hall–Kier alpha value is -2.40. The first kappa shape index (κ1) is 15.1. The van der Waals surface area contributed by atoms with Gasteiger partial charge in [0.1, 0.15) is 12.0 Å². The molecule has 2 aliphatic rings. The minimum atomic E-state index is -1.04. The number of aliphatic hydroxyl groups is 1. The van der Waals surface area contributed by atoms with Crippen molar-refractivity contribution in [1.29, 1.82) is 0 Å². The minimum absolute atomic E-state index is 0.356. The van der Waals surface area contributed by atoms with Gasteiger partial charge in [-0.05, 0) is 48.3 Å². The van der Waals surface area contributed by atoms with Crippen LogP contribution >= 0.6 is 0 Å². The molecule has 0 amide bonds. The van der Waals surface area contributed by atoms with Crippen molar-refractivity contribution < 1.29 is 14.2 Å². The maximum Gasteiger partial charge on any atom is 0.226 e. The summed E-state index contributed by atoms with van der Waals surface area (Å²) in [4.78, 5) is 6.43. The molecule has 0 saturated carbocycles. The second kappa shape index (κ2) is 5.91. The molecule has 0 bridgehead atoms. The topological polar surface area (TPSA) is 45.6 Å². The molecule has 1 aromatic heterocycles. The molecule has 2 unspecified atom stereocenters. The van der Waals surface area contributed by atoms with E-state index in [0.29, 0.717) is 31.2 Å². The number of pyridine rings is 1. The maximum absolute atomic E-state index is 13.4. The van der Waals surface area contributed by atoms with Gasteiger partial charge >= 0.3 is 0 Å². The molecule has 1 saturated heterocycles. The molecule has 0 radical (unpaired) electrons. The summed E-state index contributed by atoms with van der Waals surface area (Å²) in [5.41, 5.74) is 3.91. The molecule has 5 heteroatoms. The zero-order chi connectivity index (χ0) is 16.7. The van der Waals surface area contributed by atoms with Crippen LogP contribution in [0, 0.1) is 6.92 Å². The number of hydrogen-bond acceptors (Lipinski definition) is 4. The molecule has 1 aromatic carbocycles. The Kier molecular flexibility index (Phi) is 3.73. The van der Waals surface area contributed by atoms with E-state index in [-0.39, 0.29) is 0 Å². The van der Waals surface area contributed by atoms with E-state index in [1.165, 1.54) is 0 Å². The summed E-state index contributed by atoms with van der Waals surface area (Å²) in [5.74, 6) is 1.08. The van der Waals surface area contributed by atoms with Crippen molar-refractivity contribution in [3.05, 3.63) is 59.2 Å². The highest BCUT2D eigenvalue weighted by atomic mass is 19.1. The first-order valence-electron chi connectivity index (χ1n) is 8.15. The highest BCUT2D eigenvalue weighted by molar-refractivity contribution is 5.85. The van der Waals surface area contributed by atoms with Gasteiger partial charge in [-0.3, -0.25) is 0 Å². The van der Waals surface area contributed by atoms with Crippen LogP contribution in [-0.4, -0.2) is 35.6 Å². The molecule has 2 atom stereocenters. The van der Waals surface area contributed by atoms with Gasteiger partial charge in [0.15, 0.2) is 0 Å². The van der Waals surface area contributed by atoms with Crippen molar-refractivity contribution >= 4 is 11.4 Å². The number of ether oxygens (including phenoxy) is 1. The number of aromatic nitrogens is 1. The number of hydrogen-bond donors (Lipinski definition) is 1. The van der Waals surface area contributed by atoms with Crippen molar-refractivity contribution in [2.75, 3.05) is 18.0 Å². The molecular formula is C19H19FN2O2. The lowest BCUT2D eigenvalue weighted by atomic mass is 9.93. The van der Waals surface area contributed by atoms with Crippen LogP contribution < -0.4 is 9.64 Å². The van der Waals surface area contributed by atoms with E-state index in [0.717, 1.165) is 22.3 Å². The molecule has 0 aliphatic carbocycles. The first-order chi connectivity index (χ1) is 11.6. The molecule has 4 nitrogen and oxygen atoms in total. The lowest BCUT2D eigenvalue weighted by Gasteiger charge is -2.24. The predicted molar refractivity (Wildman–Crippen MR) is 90.9 cm³/mol. The molecule has 1 N–H and O–H groups in total. The van der Waals surface area contributed by atoms with E-state index in [2.05, 4.69) is 4.98 Å². The smallest absolute Gasteiger partial charge is 0.226 e. The highest BCUT2D eigenvalue weighted by Gasteiger charge is 2.26. The zero-order valence-corrected chi connectivity index (χ0v) is 13.4. The molecular weight excluding hydrogens is 307 g/mol. The molecule has 0 spiro atoms. The van der Waals surface area contributed by atoms with Crippen molar-refractivity contribution in [3.8, 4) is 5.88 Å². The van der Waals surface area contributed by atoms with Crippen LogP contribution in [0.25, 0.3) is 5.57 Å². The van der Waals surface area contributed by atoms with Crippen molar-refractivity contribution in [3.63, 3.8) is 0 Å². The predicted octanol–water partition coefficient (Wildman–Crippen LogP) is 3.08. The fourth-order valence-corrected chi connectivity index (χ4v) is 3.32. The minimum Gasteiger partial charge on any atom is -0.444 e. The summed E-state index contributed by atoms with van der Waals surface area (Å²) in [5, 5.41) is 10.1. The second-order valence-electron chi connectivity index (χ2n) is 6.26. The third-order valence-electron chi connectivity index (χ3n) is 4.57. The fraction of sp³-hybridized carbons (Fsp3) is 0.316.